The van der Waals surface area contributed by atoms with E-state index in [1.807, 2.05) is 34.1 Å². The molecule has 0 bridgehead atoms. The summed E-state index contributed by atoms with van der Waals surface area (Å²) >= 11 is 1.63. The van der Waals surface area contributed by atoms with Crippen LogP contribution in [0, 0.1) is 5.92 Å². The first-order valence-corrected chi connectivity index (χ1v) is 9.38. The highest BCUT2D eigenvalue weighted by Gasteiger charge is 2.35. The molecule has 0 spiro atoms. The summed E-state index contributed by atoms with van der Waals surface area (Å²) in [6.45, 7) is 2.01. The molecule has 1 atom stereocenters. The van der Waals surface area contributed by atoms with Crippen molar-refractivity contribution >= 4 is 17.2 Å². The molecule has 2 aromatic rings. The maximum Gasteiger partial charge on any atom is 0.228 e. The molecule has 0 aromatic carbocycles. The van der Waals surface area contributed by atoms with Gasteiger partial charge in [0.05, 0.1) is 18.7 Å². The predicted octanol–water partition coefficient (Wildman–Crippen LogP) is 1.97. The number of carbonyl (C=O) groups is 1. The zero-order valence-corrected chi connectivity index (χ0v) is 14.7. The molecule has 6 nitrogen and oxygen atoms in total. The summed E-state index contributed by atoms with van der Waals surface area (Å²) in [5.41, 5.74) is 2.02. The molecule has 0 N–H and O–H groups in total. The highest BCUT2D eigenvalue weighted by atomic mass is 32.1. The third kappa shape index (κ3) is 3.23. The highest BCUT2D eigenvalue weighted by Crippen LogP contribution is 2.32. The standard InChI is InChI=1S/C17H22N4O2S/c1-20-14-6-7-21(16(22)9-13-3-2-8-24-13)15(17(14)18-19-20)11-23-10-12-4-5-12/h2-3,8,12,15H,4-7,9-11H2,1H3/t15-/m1/s1. The SMILES string of the molecule is Cn1nnc2c1CCN(C(=O)Cc1cccs1)[C@@H]2COCC1CC1. The number of hydrogen-bond donors (Lipinski definition) is 0. The van der Waals surface area contributed by atoms with Crippen LogP contribution < -0.4 is 0 Å². The normalized spacial score (nSPS) is 20.2. The minimum Gasteiger partial charge on any atom is -0.379 e. The molecule has 1 saturated carbocycles. The maximum absolute atomic E-state index is 12.8. The van der Waals surface area contributed by atoms with Crippen LogP contribution in [-0.4, -0.2) is 45.6 Å². The van der Waals surface area contributed by atoms with Crippen LogP contribution in [0.4, 0.5) is 0 Å². The Kier molecular flexibility index (Phi) is 4.37. The van der Waals surface area contributed by atoms with Crippen LogP contribution in [0.3, 0.4) is 0 Å². The van der Waals surface area contributed by atoms with E-state index in [0.29, 0.717) is 25.5 Å². The fourth-order valence-electron chi connectivity index (χ4n) is 3.23. The van der Waals surface area contributed by atoms with Crippen LogP contribution in [0.2, 0.25) is 0 Å². The van der Waals surface area contributed by atoms with Crippen molar-refractivity contribution in [3.05, 3.63) is 33.8 Å². The molecule has 7 heteroatoms. The molecule has 24 heavy (non-hydrogen) atoms. The van der Waals surface area contributed by atoms with Gasteiger partial charge in [0.2, 0.25) is 5.91 Å². The second-order valence-corrected chi connectivity index (χ2v) is 7.67. The molecular weight excluding hydrogens is 324 g/mol. The smallest absolute Gasteiger partial charge is 0.228 e. The minimum atomic E-state index is -0.117. The number of amides is 1. The monoisotopic (exact) mass is 346 g/mol. The molecule has 2 aliphatic rings. The van der Waals surface area contributed by atoms with Crippen molar-refractivity contribution in [2.45, 2.75) is 31.7 Å². The van der Waals surface area contributed by atoms with Gasteiger partial charge in [-0.05, 0) is 30.2 Å². The molecule has 128 valence electrons. The second kappa shape index (κ2) is 6.64. The van der Waals surface area contributed by atoms with Crippen LogP contribution in [0.1, 0.15) is 35.1 Å². The Morgan fingerprint density at radius 2 is 2.29 bits per heavy atom. The van der Waals surface area contributed by atoms with E-state index >= 15 is 0 Å². The summed E-state index contributed by atoms with van der Waals surface area (Å²) in [4.78, 5) is 15.9. The van der Waals surface area contributed by atoms with E-state index < -0.39 is 0 Å². The summed E-state index contributed by atoms with van der Waals surface area (Å²) < 4.78 is 7.73. The van der Waals surface area contributed by atoms with Gasteiger partial charge in [-0.2, -0.15) is 0 Å². The summed E-state index contributed by atoms with van der Waals surface area (Å²) in [7, 11) is 1.91. The van der Waals surface area contributed by atoms with Crippen LogP contribution in [0.5, 0.6) is 0 Å². The molecule has 0 saturated heterocycles. The molecule has 0 radical (unpaired) electrons. The number of thiophene rings is 1. The van der Waals surface area contributed by atoms with Crippen LogP contribution in [0.25, 0.3) is 0 Å². The van der Waals surface area contributed by atoms with Crippen molar-refractivity contribution in [3.63, 3.8) is 0 Å². The third-order valence-electron chi connectivity index (χ3n) is 4.81. The Morgan fingerprint density at radius 3 is 3.04 bits per heavy atom. The Labute approximate surface area is 145 Å². The first-order valence-electron chi connectivity index (χ1n) is 8.50. The summed E-state index contributed by atoms with van der Waals surface area (Å²) in [5, 5.41) is 10.5. The lowest BCUT2D eigenvalue weighted by atomic mass is 10.0. The number of carbonyl (C=O) groups excluding carboxylic acids is 1. The molecule has 1 aliphatic carbocycles. The lowest BCUT2D eigenvalue weighted by molar-refractivity contribution is -0.135. The van der Waals surface area contributed by atoms with Crippen LogP contribution in [-0.2, 0) is 29.4 Å². The highest BCUT2D eigenvalue weighted by molar-refractivity contribution is 7.10. The summed E-state index contributed by atoms with van der Waals surface area (Å²) in [5.74, 6) is 0.860. The van der Waals surface area contributed by atoms with Crippen molar-refractivity contribution in [2.24, 2.45) is 13.0 Å². The van der Waals surface area contributed by atoms with E-state index in [1.165, 1.54) is 12.8 Å². The lowest BCUT2D eigenvalue weighted by Gasteiger charge is -2.34. The van der Waals surface area contributed by atoms with Gasteiger partial charge in [-0.15, -0.1) is 16.4 Å². The molecule has 4 rings (SSSR count). The fourth-order valence-corrected chi connectivity index (χ4v) is 3.93. The van der Waals surface area contributed by atoms with Crippen molar-refractivity contribution < 1.29 is 9.53 Å². The number of hydrogen-bond acceptors (Lipinski definition) is 5. The van der Waals surface area contributed by atoms with Crippen LogP contribution >= 0.6 is 11.3 Å². The third-order valence-corrected chi connectivity index (χ3v) is 5.68. The van der Waals surface area contributed by atoms with Crippen molar-refractivity contribution in [3.8, 4) is 0 Å². The van der Waals surface area contributed by atoms with E-state index in [2.05, 4.69) is 10.3 Å². The Hall–Kier alpha value is -1.73. The Balaban J connectivity index is 1.50. The average Bonchev–Trinajstić information content (AvgIpc) is 3.11. The van der Waals surface area contributed by atoms with E-state index in [-0.39, 0.29) is 11.9 Å². The minimum absolute atomic E-state index is 0.117. The number of ether oxygens (including phenoxy) is 1. The van der Waals surface area contributed by atoms with Gasteiger partial charge in [0.15, 0.2) is 0 Å². The van der Waals surface area contributed by atoms with Gasteiger partial charge < -0.3 is 9.64 Å². The Bertz CT molecular complexity index is 708. The maximum atomic E-state index is 12.8. The number of aryl methyl sites for hydroxylation is 1. The second-order valence-electron chi connectivity index (χ2n) is 6.63. The van der Waals surface area contributed by atoms with Gasteiger partial charge in [-0.3, -0.25) is 9.48 Å². The number of nitrogens with zero attached hydrogens (tertiary/aromatic N) is 4. The number of rotatable bonds is 6. The predicted molar refractivity (Wildman–Crippen MR) is 90.7 cm³/mol. The molecule has 1 amide bonds. The summed E-state index contributed by atoms with van der Waals surface area (Å²) in [6, 6.07) is 3.88. The quantitative estimate of drug-likeness (QED) is 0.802. The molecule has 3 heterocycles. The van der Waals surface area contributed by atoms with Gasteiger partial charge in [0.25, 0.3) is 0 Å². The van der Waals surface area contributed by atoms with Gasteiger partial charge in [0, 0.05) is 31.5 Å². The molecule has 1 aliphatic heterocycles. The van der Waals surface area contributed by atoms with Crippen LogP contribution in [0.15, 0.2) is 17.5 Å². The van der Waals surface area contributed by atoms with Crippen molar-refractivity contribution in [1.82, 2.24) is 19.9 Å². The van der Waals surface area contributed by atoms with E-state index in [1.54, 1.807) is 11.3 Å². The first-order chi connectivity index (χ1) is 11.7. The molecule has 1 fully saturated rings. The summed E-state index contributed by atoms with van der Waals surface area (Å²) in [6.07, 6.45) is 3.78. The molecular formula is C17H22N4O2S. The Morgan fingerprint density at radius 1 is 1.42 bits per heavy atom. The largest absolute Gasteiger partial charge is 0.379 e. The molecule has 0 unspecified atom stereocenters. The van der Waals surface area contributed by atoms with Gasteiger partial charge in [0.1, 0.15) is 11.7 Å². The van der Waals surface area contributed by atoms with E-state index in [4.69, 9.17) is 4.74 Å². The topological polar surface area (TPSA) is 60.2 Å². The van der Waals surface area contributed by atoms with Crippen molar-refractivity contribution in [1.29, 1.82) is 0 Å². The van der Waals surface area contributed by atoms with Gasteiger partial charge in [-0.1, -0.05) is 11.3 Å². The number of aromatic nitrogens is 3. The molecule has 2 aromatic heterocycles. The number of fused-ring (bicyclic) bond motifs is 1. The van der Waals surface area contributed by atoms with Gasteiger partial charge >= 0.3 is 0 Å². The zero-order chi connectivity index (χ0) is 16.5. The fraction of sp³-hybridized carbons (Fsp3) is 0.588. The lowest BCUT2D eigenvalue weighted by Crippen LogP contribution is -2.43. The first kappa shape index (κ1) is 15.8. The van der Waals surface area contributed by atoms with Gasteiger partial charge in [-0.25, -0.2) is 0 Å². The average molecular weight is 346 g/mol. The van der Waals surface area contributed by atoms with E-state index in [9.17, 15) is 4.79 Å². The van der Waals surface area contributed by atoms with Crippen molar-refractivity contribution in [2.75, 3.05) is 19.8 Å². The van der Waals surface area contributed by atoms with E-state index in [0.717, 1.165) is 29.3 Å². The zero-order valence-electron chi connectivity index (χ0n) is 13.9.